The summed E-state index contributed by atoms with van der Waals surface area (Å²) in [5.74, 6) is -0.395. The molecule has 21 heavy (non-hydrogen) atoms. The molecule has 2 heterocycles. The molecule has 1 aliphatic heterocycles. The van der Waals surface area contributed by atoms with Crippen molar-refractivity contribution in [3.05, 3.63) is 23.9 Å². The first-order valence-corrected chi connectivity index (χ1v) is 6.59. The van der Waals surface area contributed by atoms with Crippen LogP contribution >= 0.6 is 0 Å². The van der Waals surface area contributed by atoms with Crippen molar-refractivity contribution < 1.29 is 19.4 Å². The Morgan fingerprint density at radius 3 is 2.71 bits per heavy atom. The lowest BCUT2D eigenvalue weighted by Gasteiger charge is -2.47. The van der Waals surface area contributed by atoms with Gasteiger partial charge in [0.1, 0.15) is 18.0 Å². The number of hydrogen-bond acceptors (Lipinski definition) is 5. The van der Waals surface area contributed by atoms with Gasteiger partial charge < -0.3 is 19.6 Å². The van der Waals surface area contributed by atoms with Crippen LogP contribution in [0.4, 0.5) is 5.82 Å². The van der Waals surface area contributed by atoms with Gasteiger partial charge in [0.2, 0.25) is 0 Å². The number of aromatic nitrogens is 1. The van der Waals surface area contributed by atoms with Gasteiger partial charge in [-0.05, 0) is 19.1 Å². The summed E-state index contributed by atoms with van der Waals surface area (Å²) in [7, 11) is 3.72. The number of ether oxygens (including phenoxy) is 1. The van der Waals surface area contributed by atoms with Gasteiger partial charge in [-0.1, -0.05) is 0 Å². The second-order valence-electron chi connectivity index (χ2n) is 5.59. The number of pyridine rings is 1. The summed E-state index contributed by atoms with van der Waals surface area (Å²) >= 11 is 0. The molecule has 7 heteroatoms. The summed E-state index contributed by atoms with van der Waals surface area (Å²) in [6.07, 6.45) is 1.60. The molecule has 0 atom stereocenters. The van der Waals surface area contributed by atoms with Gasteiger partial charge >= 0.3 is 5.97 Å². The lowest BCUT2D eigenvalue weighted by Crippen LogP contribution is -2.63. The molecule has 0 aliphatic carbocycles. The van der Waals surface area contributed by atoms with Crippen LogP contribution in [-0.2, 0) is 9.53 Å². The first kappa shape index (κ1) is 15.2. The number of likely N-dealkylation sites (tertiary alicyclic amines) is 1. The fourth-order valence-electron chi connectivity index (χ4n) is 2.21. The number of nitrogens with zero attached hydrogens (tertiary/aromatic N) is 3. The van der Waals surface area contributed by atoms with Crippen molar-refractivity contribution in [2.75, 3.05) is 38.7 Å². The van der Waals surface area contributed by atoms with E-state index in [0.717, 1.165) is 0 Å². The number of rotatable bonds is 5. The molecule has 2 rings (SSSR count). The van der Waals surface area contributed by atoms with E-state index in [2.05, 4.69) is 4.98 Å². The lowest BCUT2D eigenvalue weighted by atomic mass is 9.95. The van der Waals surface area contributed by atoms with E-state index in [0.29, 0.717) is 24.5 Å². The first-order chi connectivity index (χ1) is 9.81. The fraction of sp³-hybridized carbons (Fsp3) is 0.500. The van der Waals surface area contributed by atoms with E-state index in [1.807, 2.05) is 19.0 Å². The third-order valence-electron chi connectivity index (χ3n) is 3.33. The number of amides is 1. The summed E-state index contributed by atoms with van der Waals surface area (Å²) in [6, 6.07) is 3.40. The lowest BCUT2D eigenvalue weighted by molar-refractivity contribution is -0.159. The molecule has 114 valence electrons. The van der Waals surface area contributed by atoms with Crippen molar-refractivity contribution >= 4 is 17.7 Å². The van der Waals surface area contributed by atoms with Gasteiger partial charge in [0, 0.05) is 25.9 Å². The molecule has 1 N–H and O–H groups in total. The summed E-state index contributed by atoms with van der Waals surface area (Å²) in [5.41, 5.74) is -0.0140. The van der Waals surface area contributed by atoms with Crippen molar-refractivity contribution in [1.29, 1.82) is 0 Å². The van der Waals surface area contributed by atoms with E-state index in [1.54, 1.807) is 30.2 Å². The van der Waals surface area contributed by atoms with E-state index in [4.69, 9.17) is 9.84 Å². The van der Waals surface area contributed by atoms with Gasteiger partial charge in [0.15, 0.2) is 0 Å². The van der Waals surface area contributed by atoms with Gasteiger partial charge in [0.25, 0.3) is 5.91 Å². The molecule has 1 aromatic rings. The van der Waals surface area contributed by atoms with Crippen LogP contribution < -0.4 is 4.90 Å². The molecule has 1 aromatic heterocycles. The third kappa shape index (κ3) is 3.49. The van der Waals surface area contributed by atoms with Crippen molar-refractivity contribution in [1.82, 2.24) is 9.88 Å². The largest absolute Gasteiger partial charge is 0.480 e. The molecule has 0 aromatic carbocycles. The molecule has 1 aliphatic rings. The van der Waals surface area contributed by atoms with Gasteiger partial charge in [0.05, 0.1) is 13.1 Å². The van der Waals surface area contributed by atoms with Gasteiger partial charge in [-0.2, -0.15) is 0 Å². The molecule has 0 saturated carbocycles. The Labute approximate surface area is 123 Å². The highest BCUT2D eigenvalue weighted by atomic mass is 16.5. The Hall–Kier alpha value is -2.15. The Bertz CT molecular complexity index is 553. The van der Waals surface area contributed by atoms with Crippen LogP contribution in [0.1, 0.15) is 17.3 Å². The Balaban J connectivity index is 1.97. The third-order valence-corrected chi connectivity index (χ3v) is 3.33. The number of carboxylic acids is 1. The zero-order valence-corrected chi connectivity index (χ0v) is 12.4. The highest BCUT2D eigenvalue weighted by molar-refractivity contribution is 5.95. The molecule has 1 saturated heterocycles. The van der Waals surface area contributed by atoms with Crippen LogP contribution in [0.2, 0.25) is 0 Å². The van der Waals surface area contributed by atoms with Crippen LogP contribution in [0.15, 0.2) is 18.3 Å². The second-order valence-corrected chi connectivity index (χ2v) is 5.59. The monoisotopic (exact) mass is 293 g/mol. The number of carbonyl (C=O) groups excluding carboxylic acids is 1. The maximum Gasteiger partial charge on any atom is 0.329 e. The molecular formula is C14H19N3O4. The molecule has 1 amide bonds. The van der Waals surface area contributed by atoms with E-state index in [1.165, 1.54) is 0 Å². The number of carbonyl (C=O) groups is 2. The smallest absolute Gasteiger partial charge is 0.329 e. The molecule has 0 bridgehead atoms. The normalized spacial score (nSPS) is 16.2. The summed E-state index contributed by atoms with van der Waals surface area (Å²) < 4.78 is 5.29. The van der Waals surface area contributed by atoms with Crippen molar-refractivity contribution in [2.24, 2.45) is 0 Å². The minimum Gasteiger partial charge on any atom is -0.480 e. The van der Waals surface area contributed by atoms with Crippen LogP contribution in [-0.4, -0.2) is 66.3 Å². The summed E-state index contributed by atoms with van der Waals surface area (Å²) in [4.78, 5) is 30.5. The zero-order valence-electron chi connectivity index (χ0n) is 12.4. The topological polar surface area (TPSA) is 83.0 Å². The van der Waals surface area contributed by atoms with Crippen LogP contribution in [0, 0.1) is 0 Å². The van der Waals surface area contributed by atoms with Crippen LogP contribution in [0.5, 0.6) is 0 Å². The van der Waals surface area contributed by atoms with Crippen molar-refractivity contribution in [3.63, 3.8) is 0 Å². The minimum atomic E-state index is -1.01. The van der Waals surface area contributed by atoms with Gasteiger partial charge in [-0.3, -0.25) is 4.79 Å². The highest BCUT2D eigenvalue weighted by Gasteiger charge is 2.43. The maximum atomic E-state index is 12.3. The average molecular weight is 293 g/mol. The standard InChI is InChI=1S/C14H19N3O4/c1-14(21-7-12(18)19)8-17(9-14)13(20)10-4-5-15-11(6-10)16(2)3/h4-6H,7-9H2,1-3H3,(H,18,19). The molecule has 0 radical (unpaired) electrons. The van der Waals surface area contributed by atoms with Gasteiger partial charge in [-0.15, -0.1) is 0 Å². The number of hydrogen-bond donors (Lipinski definition) is 1. The Morgan fingerprint density at radius 1 is 1.48 bits per heavy atom. The number of aliphatic carboxylic acids is 1. The SMILES string of the molecule is CN(C)c1cc(C(=O)N2CC(C)(OCC(=O)O)C2)ccn1. The first-order valence-electron chi connectivity index (χ1n) is 6.59. The molecule has 0 spiro atoms. The van der Waals surface area contributed by atoms with E-state index in [-0.39, 0.29) is 12.5 Å². The Kier molecular flexibility index (Phi) is 4.13. The summed E-state index contributed by atoms with van der Waals surface area (Å²) in [6.45, 7) is 2.23. The number of anilines is 1. The highest BCUT2D eigenvalue weighted by Crippen LogP contribution is 2.26. The molecule has 0 unspecified atom stereocenters. The van der Waals surface area contributed by atoms with Crippen LogP contribution in [0.3, 0.4) is 0 Å². The maximum absolute atomic E-state index is 12.3. The quantitative estimate of drug-likeness (QED) is 0.849. The average Bonchev–Trinajstić information content (AvgIpc) is 2.41. The summed E-state index contributed by atoms with van der Waals surface area (Å²) in [5, 5.41) is 8.61. The van der Waals surface area contributed by atoms with E-state index < -0.39 is 11.6 Å². The zero-order chi connectivity index (χ0) is 15.6. The van der Waals surface area contributed by atoms with Gasteiger partial charge in [-0.25, -0.2) is 9.78 Å². The fourth-order valence-corrected chi connectivity index (χ4v) is 2.21. The molecule has 7 nitrogen and oxygen atoms in total. The second kappa shape index (κ2) is 5.69. The van der Waals surface area contributed by atoms with Crippen molar-refractivity contribution in [2.45, 2.75) is 12.5 Å². The molecule has 1 fully saturated rings. The Morgan fingerprint density at radius 2 is 2.14 bits per heavy atom. The van der Waals surface area contributed by atoms with Crippen molar-refractivity contribution in [3.8, 4) is 0 Å². The van der Waals surface area contributed by atoms with E-state index >= 15 is 0 Å². The number of carboxylic acid groups (broad SMARTS) is 1. The predicted octanol–water partition coefficient (Wildman–Crippen LogP) is 0.463. The predicted molar refractivity (Wildman–Crippen MR) is 76.5 cm³/mol. The molecular weight excluding hydrogens is 274 g/mol. The van der Waals surface area contributed by atoms with E-state index in [9.17, 15) is 9.59 Å². The van der Waals surface area contributed by atoms with Crippen LogP contribution in [0.25, 0.3) is 0 Å². The minimum absolute atomic E-state index is 0.100.